The maximum absolute atomic E-state index is 13.1. The highest BCUT2D eigenvalue weighted by atomic mass is 32.2. The van der Waals surface area contributed by atoms with Crippen molar-refractivity contribution in [2.75, 3.05) is 13.7 Å². The first-order valence-electron chi connectivity index (χ1n) is 8.32. The van der Waals surface area contributed by atoms with Crippen LogP contribution in [0.25, 0.3) is 0 Å². The zero-order valence-corrected chi connectivity index (χ0v) is 15.2. The van der Waals surface area contributed by atoms with Crippen molar-refractivity contribution >= 4 is 10.0 Å². The first-order valence-corrected chi connectivity index (χ1v) is 9.76. The fourth-order valence-corrected chi connectivity index (χ4v) is 4.83. The van der Waals surface area contributed by atoms with Crippen molar-refractivity contribution < 1.29 is 18.3 Å². The van der Waals surface area contributed by atoms with Crippen molar-refractivity contribution in [3.05, 3.63) is 59.7 Å². The van der Waals surface area contributed by atoms with Gasteiger partial charge in [0.15, 0.2) is 0 Å². The lowest BCUT2D eigenvalue weighted by atomic mass is 9.95. The van der Waals surface area contributed by atoms with Crippen LogP contribution in [0.1, 0.15) is 30.0 Å². The summed E-state index contributed by atoms with van der Waals surface area (Å²) in [7, 11) is -2.03. The van der Waals surface area contributed by atoms with Gasteiger partial charge in [-0.3, -0.25) is 0 Å². The summed E-state index contributed by atoms with van der Waals surface area (Å²) in [5, 5.41) is 10.1. The molecule has 25 heavy (non-hydrogen) atoms. The Kier molecular flexibility index (Phi) is 5.13. The van der Waals surface area contributed by atoms with E-state index in [1.807, 2.05) is 31.2 Å². The highest BCUT2D eigenvalue weighted by molar-refractivity contribution is 7.89. The van der Waals surface area contributed by atoms with Crippen LogP contribution in [0, 0.1) is 6.92 Å². The molecule has 3 rings (SSSR count). The minimum atomic E-state index is -3.62. The molecule has 0 saturated carbocycles. The summed E-state index contributed by atoms with van der Waals surface area (Å²) in [6, 6.07) is 13.8. The summed E-state index contributed by atoms with van der Waals surface area (Å²) in [4.78, 5) is 0.285. The molecule has 5 nitrogen and oxygen atoms in total. The van der Waals surface area contributed by atoms with E-state index < -0.39 is 16.1 Å². The number of aliphatic hydroxyl groups excluding tert-OH is 1. The van der Waals surface area contributed by atoms with E-state index in [2.05, 4.69) is 0 Å². The molecule has 0 spiro atoms. The Labute approximate surface area is 148 Å². The van der Waals surface area contributed by atoms with Crippen molar-refractivity contribution in [1.29, 1.82) is 0 Å². The minimum absolute atomic E-state index is 0.285. The fraction of sp³-hybridized carbons (Fsp3) is 0.368. The lowest BCUT2D eigenvalue weighted by Crippen LogP contribution is -2.42. The monoisotopic (exact) mass is 361 g/mol. The van der Waals surface area contributed by atoms with E-state index in [4.69, 9.17) is 4.74 Å². The third kappa shape index (κ3) is 3.71. The molecule has 0 aromatic heterocycles. The van der Waals surface area contributed by atoms with E-state index in [-0.39, 0.29) is 10.9 Å². The average molecular weight is 361 g/mol. The molecule has 1 heterocycles. The number of ether oxygens (including phenoxy) is 1. The molecule has 6 heteroatoms. The van der Waals surface area contributed by atoms with Crippen LogP contribution in [0.15, 0.2) is 53.4 Å². The Balaban J connectivity index is 1.97. The first kappa shape index (κ1) is 17.9. The van der Waals surface area contributed by atoms with Crippen LogP contribution >= 0.6 is 0 Å². The normalized spacial score (nSPS) is 21.9. The molecule has 134 valence electrons. The summed E-state index contributed by atoms with van der Waals surface area (Å²) in [6.07, 6.45) is 0.325. The lowest BCUT2D eigenvalue weighted by molar-refractivity contribution is 0.0808. The van der Waals surface area contributed by atoms with Crippen molar-refractivity contribution in [3.8, 4) is 5.75 Å². The highest BCUT2D eigenvalue weighted by Gasteiger charge is 2.37. The largest absolute Gasteiger partial charge is 0.497 e. The number of rotatable bonds is 4. The van der Waals surface area contributed by atoms with Crippen molar-refractivity contribution in [2.45, 2.75) is 36.8 Å². The summed E-state index contributed by atoms with van der Waals surface area (Å²) in [5.74, 6) is 0.716. The molecule has 1 fully saturated rings. The van der Waals surface area contributed by atoms with Gasteiger partial charge < -0.3 is 9.84 Å². The average Bonchev–Trinajstić information content (AvgIpc) is 2.62. The second-order valence-electron chi connectivity index (χ2n) is 6.40. The van der Waals surface area contributed by atoms with Gasteiger partial charge in [0, 0.05) is 6.54 Å². The van der Waals surface area contributed by atoms with Gasteiger partial charge in [-0.1, -0.05) is 29.8 Å². The third-order valence-corrected chi connectivity index (χ3v) is 6.58. The Morgan fingerprint density at radius 3 is 2.32 bits per heavy atom. The van der Waals surface area contributed by atoms with Crippen LogP contribution in [0.2, 0.25) is 0 Å². The summed E-state index contributed by atoms with van der Waals surface area (Å²) in [6.45, 7) is 2.22. The molecule has 1 saturated heterocycles. The molecule has 1 N–H and O–H groups in total. The molecular weight excluding hydrogens is 338 g/mol. The molecule has 2 aromatic rings. The molecule has 0 unspecified atom stereocenters. The highest BCUT2D eigenvalue weighted by Crippen LogP contribution is 2.36. The number of nitrogens with zero attached hydrogens (tertiary/aromatic N) is 1. The van der Waals surface area contributed by atoms with Gasteiger partial charge in [-0.2, -0.15) is 4.31 Å². The maximum atomic E-state index is 13.1. The van der Waals surface area contributed by atoms with Gasteiger partial charge in [0.25, 0.3) is 0 Å². The Morgan fingerprint density at radius 1 is 1.08 bits per heavy atom. The summed E-state index contributed by atoms with van der Waals surface area (Å²) in [5.41, 5.74) is 1.87. The molecule has 0 aliphatic carbocycles. The van der Waals surface area contributed by atoms with Crippen LogP contribution in [0.3, 0.4) is 0 Å². The predicted molar refractivity (Wildman–Crippen MR) is 96.0 cm³/mol. The SMILES string of the molecule is COc1ccc([C@@H]2C[C@@H](O)CCN2S(=O)(=O)c2ccc(C)cc2)cc1. The van der Waals surface area contributed by atoms with Gasteiger partial charge in [0.2, 0.25) is 10.0 Å². The van der Waals surface area contributed by atoms with Crippen LogP contribution in [0.4, 0.5) is 0 Å². The first-order chi connectivity index (χ1) is 11.9. The number of hydrogen-bond donors (Lipinski definition) is 1. The third-order valence-electron chi connectivity index (χ3n) is 4.65. The number of piperidine rings is 1. The van der Waals surface area contributed by atoms with E-state index in [9.17, 15) is 13.5 Å². The van der Waals surface area contributed by atoms with Gasteiger partial charge in [-0.25, -0.2) is 8.42 Å². The summed E-state index contributed by atoms with van der Waals surface area (Å²) < 4.78 is 32.9. The van der Waals surface area contributed by atoms with Crippen LogP contribution in [-0.4, -0.2) is 37.6 Å². The van der Waals surface area contributed by atoms with E-state index >= 15 is 0 Å². The van der Waals surface area contributed by atoms with Crippen LogP contribution in [0.5, 0.6) is 5.75 Å². The molecule has 0 amide bonds. The number of hydrogen-bond acceptors (Lipinski definition) is 4. The maximum Gasteiger partial charge on any atom is 0.243 e. The second kappa shape index (κ2) is 7.15. The smallest absolute Gasteiger partial charge is 0.243 e. The van der Waals surface area contributed by atoms with Gasteiger partial charge in [-0.05, 0) is 49.6 Å². The minimum Gasteiger partial charge on any atom is -0.497 e. The molecule has 2 aromatic carbocycles. The summed E-state index contributed by atoms with van der Waals surface area (Å²) >= 11 is 0. The number of aliphatic hydroxyl groups is 1. The zero-order valence-electron chi connectivity index (χ0n) is 14.4. The van der Waals surface area contributed by atoms with Gasteiger partial charge in [0.05, 0.1) is 24.2 Å². The predicted octanol–water partition coefficient (Wildman–Crippen LogP) is 2.89. The fourth-order valence-electron chi connectivity index (χ4n) is 3.19. The second-order valence-corrected chi connectivity index (χ2v) is 8.29. The van der Waals surface area contributed by atoms with Gasteiger partial charge >= 0.3 is 0 Å². The molecule has 0 radical (unpaired) electrons. The van der Waals surface area contributed by atoms with E-state index in [0.717, 1.165) is 11.1 Å². The van der Waals surface area contributed by atoms with Gasteiger partial charge in [0.1, 0.15) is 5.75 Å². The zero-order chi connectivity index (χ0) is 18.0. The molecular formula is C19H23NO4S. The Hall–Kier alpha value is -1.89. The van der Waals surface area contributed by atoms with E-state index in [0.29, 0.717) is 25.1 Å². The Morgan fingerprint density at radius 2 is 1.72 bits per heavy atom. The van der Waals surface area contributed by atoms with E-state index in [1.165, 1.54) is 4.31 Å². The molecule has 0 bridgehead atoms. The standard InChI is InChI=1S/C19H23NO4S/c1-14-3-9-18(10-4-14)25(22,23)20-12-11-16(21)13-19(20)15-5-7-17(24-2)8-6-15/h3-10,16,19,21H,11-13H2,1-2H3/t16-,19-/m0/s1. The number of benzene rings is 2. The molecule has 1 aliphatic heterocycles. The Bertz CT molecular complexity index is 816. The van der Waals surface area contributed by atoms with Crippen LogP contribution < -0.4 is 4.74 Å². The van der Waals surface area contributed by atoms with E-state index in [1.54, 1.807) is 31.4 Å². The number of aryl methyl sites for hydroxylation is 1. The van der Waals surface area contributed by atoms with Crippen LogP contribution in [-0.2, 0) is 10.0 Å². The topological polar surface area (TPSA) is 66.8 Å². The molecule has 2 atom stereocenters. The van der Waals surface area contributed by atoms with Crippen molar-refractivity contribution in [2.24, 2.45) is 0 Å². The van der Waals surface area contributed by atoms with Gasteiger partial charge in [-0.15, -0.1) is 0 Å². The van der Waals surface area contributed by atoms with Crippen molar-refractivity contribution in [1.82, 2.24) is 4.31 Å². The number of sulfonamides is 1. The lowest BCUT2D eigenvalue weighted by Gasteiger charge is -2.37. The quantitative estimate of drug-likeness (QED) is 0.909. The number of methoxy groups -OCH3 is 1. The molecule has 1 aliphatic rings. The van der Waals surface area contributed by atoms with Crippen molar-refractivity contribution in [3.63, 3.8) is 0 Å².